The van der Waals surface area contributed by atoms with Crippen LogP contribution in [0.15, 0.2) is 48.5 Å². The van der Waals surface area contributed by atoms with Crippen LogP contribution in [0.4, 0.5) is 0 Å². The maximum absolute atomic E-state index is 5.72. The summed E-state index contributed by atoms with van der Waals surface area (Å²) >= 11 is 0. The molecule has 2 aliphatic rings. The van der Waals surface area contributed by atoms with E-state index in [1.54, 1.807) is 0 Å². The first-order valence-corrected chi connectivity index (χ1v) is 5.75. The van der Waals surface area contributed by atoms with Crippen molar-refractivity contribution in [1.29, 1.82) is 0 Å². The SMILES string of the molecule is c1ccc2c(c1)-c1ccccc1C1OCC21. The van der Waals surface area contributed by atoms with Gasteiger partial charge in [0.25, 0.3) is 0 Å². The fourth-order valence-electron chi connectivity index (χ4n) is 2.90. The number of benzene rings is 2. The second-order valence-corrected chi connectivity index (χ2v) is 4.53. The standard InChI is InChI=1S/C15H12O/c1-2-7-12-10(5-1)11-6-3-4-8-13(11)15-14(12)9-16-15/h1-8,14-15H,9H2. The Morgan fingerprint density at radius 3 is 2.12 bits per heavy atom. The molecular formula is C15H12O. The second-order valence-electron chi connectivity index (χ2n) is 4.53. The van der Waals surface area contributed by atoms with Crippen molar-refractivity contribution in [3.05, 3.63) is 59.7 Å². The summed E-state index contributed by atoms with van der Waals surface area (Å²) in [4.78, 5) is 0. The van der Waals surface area contributed by atoms with Gasteiger partial charge in [-0.25, -0.2) is 0 Å². The molecule has 2 aromatic carbocycles. The lowest BCUT2D eigenvalue weighted by Gasteiger charge is -2.42. The Kier molecular flexibility index (Phi) is 1.58. The zero-order valence-corrected chi connectivity index (χ0v) is 8.89. The van der Waals surface area contributed by atoms with Gasteiger partial charge in [0.1, 0.15) is 0 Å². The highest BCUT2D eigenvalue weighted by Gasteiger charge is 2.40. The summed E-state index contributed by atoms with van der Waals surface area (Å²) in [6, 6.07) is 17.3. The highest BCUT2D eigenvalue weighted by molar-refractivity contribution is 5.75. The molecule has 0 radical (unpaired) electrons. The van der Waals surface area contributed by atoms with Crippen molar-refractivity contribution in [2.24, 2.45) is 0 Å². The Hall–Kier alpha value is -1.60. The maximum atomic E-state index is 5.72. The Balaban J connectivity index is 2.05. The lowest BCUT2D eigenvalue weighted by atomic mass is 9.74. The number of ether oxygens (including phenoxy) is 1. The van der Waals surface area contributed by atoms with Gasteiger partial charge in [0.15, 0.2) is 0 Å². The maximum Gasteiger partial charge on any atom is 0.0922 e. The molecule has 0 bridgehead atoms. The Labute approximate surface area is 94.7 Å². The summed E-state index contributed by atoms with van der Waals surface area (Å²) in [5, 5.41) is 0. The smallest absolute Gasteiger partial charge is 0.0922 e. The van der Waals surface area contributed by atoms with Gasteiger partial charge < -0.3 is 4.74 Å². The fraction of sp³-hybridized carbons (Fsp3) is 0.200. The van der Waals surface area contributed by atoms with Gasteiger partial charge >= 0.3 is 0 Å². The molecule has 16 heavy (non-hydrogen) atoms. The third-order valence-corrected chi connectivity index (χ3v) is 3.74. The van der Waals surface area contributed by atoms with Gasteiger partial charge in [-0.1, -0.05) is 48.5 Å². The summed E-state index contributed by atoms with van der Waals surface area (Å²) in [6.45, 7) is 0.871. The molecule has 1 fully saturated rings. The molecule has 0 spiro atoms. The van der Waals surface area contributed by atoms with E-state index in [4.69, 9.17) is 4.74 Å². The van der Waals surface area contributed by atoms with E-state index in [0.29, 0.717) is 12.0 Å². The van der Waals surface area contributed by atoms with Crippen molar-refractivity contribution in [1.82, 2.24) is 0 Å². The highest BCUT2D eigenvalue weighted by atomic mass is 16.5. The summed E-state index contributed by atoms with van der Waals surface area (Å²) in [7, 11) is 0. The van der Waals surface area contributed by atoms with Gasteiger partial charge in [-0.2, -0.15) is 0 Å². The van der Waals surface area contributed by atoms with Crippen LogP contribution in [0.1, 0.15) is 23.1 Å². The van der Waals surface area contributed by atoms with Crippen LogP contribution >= 0.6 is 0 Å². The van der Waals surface area contributed by atoms with E-state index in [1.165, 1.54) is 22.3 Å². The van der Waals surface area contributed by atoms with Crippen molar-refractivity contribution in [2.45, 2.75) is 12.0 Å². The van der Waals surface area contributed by atoms with Crippen molar-refractivity contribution in [2.75, 3.05) is 6.61 Å². The van der Waals surface area contributed by atoms with Gasteiger partial charge in [0.2, 0.25) is 0 Å². The van der Waals surface area contributed by atoms with Gasteiger partial charge in [-0.15, -0.1) is 0 Å². The molecule has 0 amide bonds. The largest absolute Gasteiger partial charge is 0.372 e. The molecule has 1 saturated heterocycles. The molecule has 1 heterocycles. The fourth-order valence-corrected chi connectivity index (χ4v) is 2.90. The molecule has 1 nitrogen and oxygen atoms in total. The average Bonchev–Trinajstić information content (AvgIpc) is 2.29. The van der Waals surface area contributed by atoms with Crippen LogP contribution < -0.4 is 0 Å². The first kappa shape index (κ1) is 8.54. The number of hydrogen-bond donors (Lipinski definition) is 0. The van der Waals surface area contributed by atoms with Gasteiger partial charge in [-0.05, 0) is 22.3 Å². The minimum Gasteiger partial charge on any atom is -0.372 e. The van der Waals surface area contributed by atoms with Crippen LogP contribution in [-0.4, -0.2) is 6.61 Å². The number of fused-ring (bicyclic) bond motifs is 6. The molecule has 2 unspecified atom stereocenters. The molecule has 78 valence electrons. The van der Waals surface area contributed by atoms with E-state index < -0.39 is 0 Å². The zero-order valence-electron chi connectivity index (χ0n) is 8.89. The van der Waals surface area contributed by atoms with Crippen LogP contribution in [0.5, 0.6) is 0 Å². The second kappa shape index (κ2) is 2.96. The van der Waals surface area contributed by atoms with Crippen molar-refractivity contribution < 1.29 is 4.74 Å². The van der Waals surface area contributed by atoms with E-state index in [9.17, 15) is 0 Å². The quantitative estimate of drug-likeness (QED) is 0.643. The van der Waals surface area contributed by atoms with Crippen LogP contribution in [0, 0.1) is 0 Å². The van der Waals surface area contributed by atoms with Crippen LogP contribution in [0.2, 0.25) is 0 Å². The van der Waals surface area contributed by atoms with E-state index in [0.717, 1.165) is 6.61 Å². The summed E-state index contributed by atoms with van der Waals surface area (Å²) in [5.41, 5.74) is 5.55. The van der Waals surface area contributed by atoms with Gasteiger partial charge in [0, 0.05) is 5.92 Å². The van der Waals surface area contributed by atoms with E-state index in [2.05, 4.69) is 48.5 Å². The summed E-state index contributed by atoms with van der Waals surface area (Å²) in [5.74, 6) is 0.575. The molecule has 0 aromatic heterocycles. The first-order valence-electron chi connectivity index (χ1n) is 5.75. The summed E-state index contributed by atoms with van der Waals surface area (Å²) < 4.78 is 5.72. The third kappa shape index (κ3) is 0.940. The van der Waals surface area contributed by atoms with Crippen LogP contribution in [-0.2, 0) is 4.74 Å². The Morgan fingerprint density at radius 2 is 1.44 bits per heavy atom. The first-order chi connectivity index (χ1) is 7.95. The molecule has 2 atom stereocenters. The predicted octanol–water partition coefficient (Wildman–Crippen LogP) is 3.52. The molecule has 4 rings (SSSR count). The average molecular weight is 208 g/mol. The lowest BCUT2D eigenvalue weighted by Crippen LogP contribution is -2.33. The molecule has 0 saturated carbocycles. The van der Waals surface area contributed by atoms with Crippen molar-refractivity contribution >= 4 is 0 Å². The number of rotatable bonds is 0. The Morgan fingerprint density at radius 1 is 0.812 bits per heavy atom. The van der Waals surface area contributed by atoms with Crippen molar-refractivity contribution in [3.63, 3.8) is 0 Å². The normalized spacial score (nSPS) is 25.0. The number of hydrogen-bond acceptors (Lipinski definition) is 1. The minimum absolute atomic E-state index is 0.297. The molecule has 2 aromatic rings. The zero-order chi connectivity index (χ0) is 10.5. The topological polar surface area (TPSA) is 9.23 Å². The molecule has 0 N–H and O–H groups in total. The lowest BCUT2D eigenvalue weighted by molar-refractivity contribution is -0.0806. The molecule has 1 heteroatoms. The van der Waals surface area contributed by atoms with Crippen molar-refractivity contribution in [3.8, 4) is 11.1 Å². The van der Waals surface area contributed by atoms with Crippen LogP contribution in [0.25, 0.3) is 11.1 Å². The third-order valence-electron chi connectivity index (χ3n) is 3.74. The van der Waals surface area contributed by atoms with Gasteiger partial charge in [0.05, 0.1) is 12.7 Å². The molecule has 1 aliphatic carbocycles. The Bertz CT molecular complexity index is 507. The van der Waals surface area contributed by atoms with E-state index in [-0.39, 0.29) is 0 Å². The van der Waals surface area contributed by atoms with E-state index in [1.807, 2.05) is 0 Å². The monoisotopic (exact) mass is 208 g/mol. The van der Waals surface area contributed by atoms with Crippen LogP contribution in [0.3, 0.4) is 0 Å². The summed E-state index contributed by atoms with van der Waals surface area (Å²) in [6.07, 6.45) is 0.297. The molecule has 1 aliphatic heterocycles. The molecular weight excluding hydrogens is 196 g/mol. The minimum atomic E-state index is 0.297. The van der Waals surface area contributed by atoms with E-state index >= 15 is 0 Å². The van der Waals surface area contributed by atoms with Gasteiger partial charge in [-0.3, -0.25) is 0 Å². The highest BCUT2D eigenvalue weighted by Crippen LogP contribution is 2.52. The predicted molar refractivity (Wildman–Crippen MR) is 63.3 cm³/mol.